The molecule has 1 unspecified atom stereocenters. The molecule has 0 spiro atoms. The van der Waals surface area contributed by atoms with E-state index in [1.54, 1.807) is 35.2 Å². The monoisotopic (exact) mass is 368 g/mol. The van der Waals surface area contributed by atoms with E-state index in [1.807, 2.05) is 11.8 Å². The normalized spacial score (nSPS) is 18.6. The average Bonchev–Trinajstić information content (AvgIpc) is 3.06. The van der Waals surface area contributed by atoms with Gasteiger partial charge in [-0.05, 0) is 36.8 Å². The molecule has 1 aromatic carbocycles. The molecule has 8 heteroatoms. The number of benzene rings is 1. The fraction of sp³-hybridized carbons (Fsp3) is 0.267. The van der Waals surface area contributed by atoms with Crippen LogP contribution in [0.3, 0.4) is 0 Å². The van der Waals surface area contributed by atoms with Gasteiger partial charge in [0.2, 0.25) is 15.9 Å². The van der Waals surface area contributed by atoms with Gasteiger partial charge in [-0.3, -0.25) is 4.79 Å². The second-order valence-electron chi connectivity index (χ2n) is 5.32. The van der Waals surface area contributed by atoms with Gasteiger partial charge >= 0.3 is 0 Å². The maximum Gasteiger partial charge on any atom is 0.238 e. The fourth-order valence-corrected chi connectivity index (χ4v) is 5.25. The number of thioether (sulfide) groups is 1. The van der Waals surface area contributed by atoms with Gasteiger partial charge in [0.1, 0.15) is 5.37 Å². The number of nitrogens with zero attached hydrogens (tertiary/aromatic N) is 1. The van der Waals surface area contributed by atoms with Crippen LogP contribution >= 0.6 is 23.1 Å². The van der Waals surface area contributed by atoms with Crippen LogP contribution in [-0.2, 0) is 21.4 Å². The summed E-state index contributed by atoms with van der Waals surface area (Å²) in [7, 11) is -3.69. The predicted octanol–water partition coefficient (Wildman–Crippen LogP) is 2.48. The first-order valence-corrected chi connectivity index (χ1v) is 10.3. The highest BCUT2D eigenvalue weighted by atomic mass is 32.2. The highest BCUT2D eigenvalue weighted by Gasteiger charge is 2.33. The topological polar surface area (TPSA) is 80.5 Å². The van der Waals surface area contributed by atoms with Crippen molar-refractivity contribution in [2.75, 3.05) is 5.75 Å². The SMILES string of the molecule is Cc1ccc(C2SCC(=O)N2Cc2ccc(S(N)(=O)=O)cc2)s1. The zero-order valence-electron chi connectivity index (χ0n) is 12.4. The lowest BCUT2D eigenvalue weighted by Crippen LogP contribution is -2.27. The highest BCUT2D eigenvalue weighted by Crippen LogP contribution is 2.42. The second-order valence-corrected chi connectivity index (χ2v) is 9.27. The summed E-state index contributed by atoms with van der Waals surface area (Å²) in [6.07, 6.45) is 0. The Bertz CT molecular complexity index is 828. The van der Waals surface area contributed by atoms with Gasteiger partial charge in [-0.2, -0.15) is 0 Å². The number of hydrogen-bond acceptors (Lipinski definition) is 5. The molecule has 3 rings (SSSR count). The van der Waals surface area contributed by atoms with Crippen molar-refractivity contribution in [3.63, 3.8) is 0 Å². The number of sulfonamides is 1. The predicted molar refractivity (Wildman–Crippen MR) is 92.6 cm³/mol. The molecule has 122 valence electrons. The maximum absolute atomic E-state index is 12.2. The molecule has 1 aliphatic heterocycles. The van der Waals surface area contributed by atoms with Gasteiger partial charge < -0.3 is 4.90 Å². The summed E-state index contributed by atoms with van der Waals surface area (Å²) in [6, 6.07) is 10.5. The molecule has 1 fully saturated rings. The van der Waals surface area contributed by atoms with E-state index in [2.05, 4.69) is 12.1 Å². The first-order valence-electron chi connectivity index (χ1n) is 6.94. The molecule has 0 saturated carbocycles. The van der Waals surface area contributed by atoms with Crippen molar-refractivity contribution in [2.45, 2.75) is 23.7 Å². The highest BCUT2D eigenvalue weighted by molar-refractivity contribution is 8.00. The van der Waals surface area contributed by atoms with Crippen LogP contribution in [0.15, 0.2) is 41.3 Å². The van der Waals surface area contributed by atoms with Gasteiger partial charge in [0, 0.05) is 16.3 Å². The molecule has 2 N–H and O–H groups in total. The van der Waals surface area contributed by atoms with Crippen molar-refractivity contribution >= 4 is 39.0 Å². The summed E-state index contributed by atoms with van der Waals surface area (Å²) in [5.41, 5.74) is 0.881. The van der Waals surface area contributed by atoms with Crippen molar-refractivity contribution in [2.24, 2.45) is 5.14 Å². The van der Waals surface area contributed by atoms with Crippen LogP contribution in [0, 0.1) is 6.92 Å². The molecule has 2 aromatic rings. The van der Waals surface area contributed by atoms with Gasteiger partial charge in [-0.25, -0.2) is 13.6 Å². The number of hydrogen-bond donors (Lipinski definition) is 1. The molecule has 1 atom stereocenters. The van der Waals surface area contributed by atoms with Crippen molar-refractivity contribution < 1.29 is 13.2 Å². The molecule has 0 aliphatic carbocycles. The lowest BCUT2D eigenvalue weighted by Gasteiger charge is -2.23. The second kappa shape index (κ2) is 6.27. The molecule has 0 bridgehead atoms. The number of carbonyl (C=O) groups is 1. The summed E-state index contributed by atoms with van der Waals surface area (Å²) in [4.78, 5) is 16.5. The Morgan fingerprint density at radius 1 is 1.22 bits per heavy atom. The summed E-state index contributed by atoms with van der Waals surface area (Å²) in [5.74, 6) is 0.568. The van der Waals surface area contributed by atoms with E-state index >= 15 is 0 Å². The average molecular weight is 369 g/mol. The summed E-state index contributed by atoms with van der Waals surface area (Å²) in [5, 5.41) is 5.13. The Morgan fingerprint density at radius 2 is 1.91 bits per heavy atom. The first-order chi connectivity index (χ1) is 10.8. The van der Waals surface area contributed by atoms with E-state index < -0.39 is 10.0 Å². The van der Waals surface area contributed by atoms with Gasteiger partial charge in [-0.15, -0.1) is 23.1 Å². The smallest absolute Gasteiger partial charge is 0.238 e. The van der Waals surface area contributed by atoms with Crippen LogP contribution in [0.1, 0.15) is 20.7 Å². The van der Waals surface area contributed by atoms with E-state index in [9.17, 15) is 13.2 Å². The van der Waals surface area contributed by atoms with E-state index in [1.165, 1.54) is 21.9 Å². The Kier molecular flexibility index (Phi) is 4.50. The number of amides is 1. The lowest BCUT2D eigenvalue weighted by molar-refractivity contribution is -0.128. The number of primary sulfonamides is 1. The molecule has 2 heterocycles. The number of carbonyl (C=O) groups excluding carboxylic acids is 1. The third kappa shape index (κ3) is 3.60. The van der Waals surface area contributed by atoms with Gasteiger partial charge in [-0.1, -0.05) is 12.1 Å². The Balaban J connectivity index is 1.81. The zero-order valence-corrected chi connectivity index (χ0v) is 14.9. The number of thiophene rings is 1. The molecular formula is C15H16N2O3S3. The van der Waals surface area contributed by atoms with Gasteiger partial charge in [0.15, 0.2) is 0 Å². The van der Waals surface area contributed by atoms with E-state index in [-0.39, 0.29) is 16.2 Å². The third-order valence-corrected chi connectivity index (χ3v) is 6.95. The summed E-state index contributed by atoms with van der Waals surface area (Å²) < 4.78 is 22.6. The quantitative estimate of drug-likeness (QED) is 0.899. The molecule has 23 heavy (non-hydrogen) atoms. The third-order valence-electron chi connectivity index (χ3n) is 3.58. The van der Waals surface area contributed by atoms with Crippen LogP contribution in [0.5, 0.6) is 0 Å². The Hall–Kier alpha value is -1.35. The van der Waals surface area contributed by atoms with Crippen LogP contribution in [-0.4, -0.2) is 25.0 Å². The largest absolute Gasteiger partial charge is 0.321 e. The summed E-state index contributed by atoms with van der Waals surface area (Å²) in [6.45, 7) is 2.50. The van der Waals surface area contributed by atoms with E-state index in [4.69, 9.17) is 5.14 Å². The minimum Gasteiger partial charge on any atom is -0.321 e. The standard InChI is InChI=1S/C15H16N2O3S3/c1-10-2-7-13(22-10)15-17(14(18)9-21-15)8-11-3-5-12(6-4-11)23(16,19)20/h2-7,15H,8-9H2,1H3,(H2,16,19,20). The maximum atomic E-state index is 12.2. The van der Waals surface area contributed by atoms with Crippen LogP contribution in [0.2, 0.25) is 0 Å². The van der Waals surface area contributed by atoms with Crippen molar-refractivity contribution in [1.29, 1.82) is 0 Å². The van der Waals surface area contributed by atoms with Crippen LogP contribution < -0.4 is 5.14 Å². The van der Waals surface area contributed by atoms with E-state index in [0.717, 1.165) is 5.56 Å². The van der Waals surface area contributed by atoms with Gasteiger partial charge in [0.25, 0.3) is 0 Å². The number of aryl methyl sites for hydroxylation is 1. The van der Waals surface area contributed by atoms with Crippen LogP contribution in [0.25, 0.3) is 0 Å². The van der Waals surface area contributed by atoms with Crippen LogP contribution in [0.4, 0.5) is 0 Å². The minimum absolute atomic E-state index is 0.0270. The number of nitrogens with two attached hydrogens (primary N) is 1. The Morgan fingerprint density at radius 3 is 2.48 bits per heavy atom. The van der Waals surface area contributed by atoms with Crippen molar-refractivity contribution in [3.05, 3.63) is 51.7 Å². The van der Waals surface area contributed by atoms with Crippen molar-refractivity contribution in [3.8, 4) is 0 Å². The first kappa shape index (κ1) is 16.5. The Labute approximate surface area is 143 Å². The molecule has 1 aromatic heterocycles. The zero-order chi connectivity index (χ0) is 16.6. The molecule has 5 nitrogen and oxygen atoms in total. The lowest BCUT2D eigenvalue weighted by atomic mass is 10.2. The van der Waals surface area contributed by atoms with Crippen molar-refractivity contribution in [1.82, 2.24) is 4.90 Å². The molecule has 1 amide bonds. The number of rotatable bonds is 4. The minimum atomic E-state index is -3.69. The fourth-order valence-electron chi connectivity index (χ4n) is 2.43. The molecule has 1 saturated heterocycles. The van der Waals surface area contributed by atoms with Gasteiger partial charge in [0.05, 0.1) is 10.6 Å². The molecular weight excluding hydrogens is 352 g/mol. The van der Waals surface area contributed by atoms with E-state index in [0.29, 0.717) is 12.3 Å². The molecule has 0 radical (unpaired) electrons. The molecule has 1 aliphatic rings. The summed E-state index contributed by atoms with van der Waals surface area (Å²) >= 11 is 3.32.